The number of imidazole rings is 1. The fraction of sp³-hybridized carbons (Fsp3) is 0.125. The van der Waals surface area contributed by atoms with Crippen LogP contribution in [-0.2, 0) is 9.84 Å². The van der Waals surface area contributed by atoms with Gasteiger partial charge in [-0.2, -0.15) is 0 Å². The van der Waals surface area contributed by atoms with Gasteiger partial charge in [0.2, 0.25) is 0 Å². The number of nitrogen functional groups attached to an aromatic ring is 1. The Bertz CT molecular complexity index is 586. The van der Waals surface area contributed by atoms with Gasteiger partial charge >= 0.3 is 0 Å². The van der Waals surface area contributed by atoms with Crippen molar-refractivity contribution in [3.05, 3.63) is 24.5 Å². The number of sulfone groups is 1. The smallest absolute Gasteiger partial charge is 0.192 e. The van der Waals surface area contributed by atoms with Crippen molar-refractivity contribution in [3.8, 4) is 0 Å². The van der Waals surface area contributed by atoms with Gasteiger partial charge in [0.05, 0.1) is 6.20 Å². The number of anilines is 1. The van der Waals surface area contributed by atoms with Gasteiger partial charge in [0, 0.05) is 24.2 Å². The number of fused-ring (bicyclic) bond motifs is 1. The summed E-state index contributed by atoms with van der Waals surface area (Å²) in [5.41, 5.74) is 6.63. The minimum absolute atomic E-state index is 0.174. The number of aromatic nitrogens is 2. The Morgan fingerprint density at radius 2 is 2.21 bits per heavy atom. The van der Waals surface area contributed by atoms with Crippen molar-refractivity contribution >= 4 is 21.2 Å². The lowest BCUT2D eigenvalue weighted by Crippen LogP contribution is -2.01. The van der Waals surface area contributed by atoms with E-state index in [9.17, 15) is 8.42 Å². The molecule has 0 fully saturated rings. The highest BCUT2D eigenvalue weighted by Crippen LogP contribution is 2.14. The number of nitrogens with zero attached hydrogens (tertiary/aromatic N) is 2. The van der Waals surface area contributed by atoms with E-state index < -0.39 is 9.84 Å². The molecule has 2 aromatic rings. The van der Waals surface area contributed by atoms with E-state index in [2.05, 4.69) is 4.98 Å². The van der Waals surface area contributed by atoms with Gasteiger partial charge in [0.25, 0.3) is 0 Å². The molecule has 0 aromatic carbocycles. The molecule has 5 nitrogen and oxygen atoms in total. The van der Waals surface area contributed by atoms with Crippen LogP contribution in [0.15, 0.2) is 29.6 Å². The van der Waals surface area contributed by atoms with Crippen LogP contribution >= 0.6 is 0 Å². The summed E-state index contributed by atoms with van der Waals surface area (Å²) in [5.74, 6) is 0. The summed E-state index contributed by atoms with van der Waals surface area (Å²) in [5, 5.41) is 0.174. The molecule has 0 bridgehead atoms. The molecule has 0 saturated carbocycles. The first-order valence-corrected chi connectivity index (χ1v) is 5.80. The maximum Gasteiger partial charge on any atom is 0.192 e. The van der Waals surface area contributed by atoms with Gasteiger partial charge in [0.15, 0.2) is 14.9 Å². The highest BCUT2D eigenvalue weighted by molar-refractivity contribution is 7.90. The Kier molecular flexibility index (Phi) is 1.75. The average molecular weight is 211 g/mol. The standard InChI is InChI=1S/C8H9N3O2S/c1-14(12,13)8-5-10-7-4-6(9)2-3-11(7)8/h2-5H,9H2,1H3. The molecular weight excluding hydrogens is 202 g/mol. The van der Waals surface area contributed by atoms with Gasteiger partial charge in [-0.25, -0.2) is 13.4 Å². The minimum atomic E-state index is -3.24. The first kappa shape index (κ1) is 9.01. The van der Waals surface area contributed by atoms with Crippen molar-refractivity contribution in [2.24, 2.45) is 0 Å². The van der Waals surface area contributed by atoms with Crippen molar-refractivity contribution in [2.45, 2.75) is 5.03 Å². The number of rotatable bonds is 1. The third-order valence-corrected chi connectivity index (χ3v) is 2.95. The Hall–Kier alpha value is -1.56. The largest absolute Gasteiger partial charge is 0.399 e. The number of pyridine rings is 1. The third kappa shape index (κ3) is 1.33. The number of nitrogens with two attached hydrogens (primary N) is 1. The topological polar surface area (TPSA) is 77.5 Å². The highest BCUT2D eigenvalue weighted by atomic mass is 32.2. The number of hydrogen-bond donors (Lipinski definition) is 1. The molecule has 0 amide bonds. The predicted molar refractivity (Wildman–Crippen MR) is 52.7 cm³/mol. The zero-order chi connectivity index (χ0) is 10.3. The van der Waals surface area contributed by atoms with Crippen LogP contribution in [0.4, 0.5) is 5.69 Å². The van der Waals surface area contributed by atoms with Crippen LogP contribution in [-0.4, -0.2) is 24.1 Å². The molecule has 0 aliphatic rings. The van der Waals surface area contributed by atoms with E-state index >= 15 is 0 Å². The molecule has 0 radical (unpaired) electrons. The van der Waals surface area contributed by atoms with Crippen molar-refractivity contribution in [2.75, 3.05) is 12.0 Å². The Balaban J connectivity index is 2.83. The first-order chi connectivity index (χ1) is 6.48. The molecule has 0 aliphatic heterocycles. The van der Waals surface area contributed by atoms with Gasteiger partial charge in [-0.3, -0.25) is 4.40 Å². The maximum atomic E-state index is 11.3. The van der Waals surface area contributed by atoms with E-state index in [-0.39, 0.29) is 5.03 Å². The molecule has 2 rings (SSSR count). The lowest BCUT2D eigenvalue weighted by atomic mass is 10.4. The Morgan fingerprint density at radius 3 is 2.86 bits per heavy atom. The van der Waals surface area contributed by atoms with Crippen LogP contribution in [0.2, 0.25) is 0 Å². The molecule has 0 unspecified atom stereocenters. The first-order valence-electron chi connectivity index (χ1n) is 3.91. The van der Waals surface area contributed by atoms with Gasteiger partial charge in [-0.15, -0.1) is 0 Å². The number of hydrogen-bond acceptors (Lipinski definition) is 4. The molecule has 0 spiro atoms. The van der Waals surface area contributed by atoms with Gasteiger partial charge in [0.1, 0.15) is 5.65 Å². The second kappa shape index (κ2) is 2.71. The molecular formula is C8H9N3O2S. The Labute approximate surface area is 81.1 Å². The molecule has 2 aromatic heterocycles. The predicted octanol–water partition coefficient (Wildman–Crippen LogP) is 0.320. The molecule has 14 heavy (non-hydrogen) atoms. The van der Waals surface area contributed by atoms with Crippen LogP contribution in [0.5, 0.6) is 0 Å². The van der Waals surface area contributed by atoms with Crippen molar-refractivity contribution < 1.29 is 8.42 Å². The average Bonchev–Trinajstić information content (AvgIpc) is 2.45. The summed E-state index contributed by atoms with van der Waals surface area (Å²) < 4.78 is 24.1. The second-order valence-corrected chi connectivity index (χ2v) is 5.02. The zero-order valence-corrected chi connectivity index (χ0v) is 8.32. The van der Waals surface area contributed by atoms with Crippen LogP contribution < -0.4 is 5.73 Å². The van der Waals surface area contributed by atoms with Crippen LogP contribution in [0, 0.1) is 0 Å². The molecule has 6 heteroatoms. The summed E-state index contributed by atoms with van der Waals surface area (Å²) in [6, 6.07) is 3.25. The molecule has 0 atom stereocenters. The summed E-state index contributed by atoms with van der Waals surface area (Å²) in [6.07, 6.45) is 4.06. The van der Waals surface area contributed by atoms with Gasteiger partial charge in [-0.05, 0) is 6.07 Å². The van der Waals surface area contributed by atoms with E-state index in [1.165, 1.54) is 10.6 Å². The van der Waals surface area contributed by atoms with Crippen molar-refractivity contribution in [3.63, 3.8) is 0 Å². The molecule has 74 valence electrons. The monoisotopic (exact) mass is 211 g/mol. The Morgan fingerprint density at radius 1 is 1.50 bits per heavy atom. The summed E-state index contributed by atoms with van der Waals surface area (Å²) in [7, 11) is -3.24. The van der Waals surface area contributed by atoms with Crippen LogP contribution in [0.3, 0.4) is 0 Å². The minimum Gasteiger partial charge on any atom is -0.399 e. The van der Waals surface area contributed by atoms with Crippen LogP contribution in [0.25, 0.3) is 5.65 Å². The summed E-state index contributed by atoms with van der Waals surface area (Å²) in [6.45, 7) is 0. The molecule has 0 aliphatic carbocycles. The third-order valence-electron chi connectivity index (χ3n) is 1.88. The molecule has 2 heterocycles. The SMILES string of the molecule is CS(=O)(=O)c1cnc2cc(N)ccn12. The van der Waals surface area contributed by atoms with E-state index in [4.69, 9.17) is 5.73 Å². The maximum absolute atomic E-state index is 11.3. The van der Waals surface area contributed by atoms with Crippen molar-refractivity contribution in [1.29, 1.82) is 0 Å². The van der Waals surface area contributed by atoms with E-state index in [0.717, 1.165) is 6.26 Å². The summed E-state index contributed by atoms with van der Waals surface area (Å²) >= 11 is 0. The van der Waals surface area contributed by atoms with E-state index in [1.807, 2.05) is 0 Å². The zero-order valence-electron chi connectivity index (χ0n) is 7.51. The quantitative estimate of drug-likeness (QED) is 0.736. The van der Waals surface area contributed by atoms with E-state index in [0.29, 0.717) is 11.3 Å². The highest BCUT2D eigenvalue weighted by Gasteiger charge is 2.12. The molecule has 2 N–H and O–H groups in total. The summed E-state index contributed by atoms with van der Waals surface area (Å²) in [4.78, 5) is 3.95. The fourth-order valence-electron chi connectivity index (χ4n) is 1.25. The lowest BCUT2D eigenvalue weighted by molar-refractivity contribution is 0.597. The molecule has 0 saturated heterocycles. The van der Waals surface area contributed by atoms with Crippen LogP contribution in [0.1, 0.15) is 0 Å². The van der Waals surface area contributed by atoms with E-state index in [1.54, 1.807) is 18.3 Å². The van der Waals surface area contributed by atoms with Gasteiger partial charge in [-0.1, -0.05) is 0 Å². The second-order valence-electron chi connectivity index (χ2n) is 3.06. The fourth-order valence-corrected chi connectivity index (χ4v) is 2.00. The van der Waals surface area contributed by atoms with Gasteiger partial charge < -0.3 is 5.73 Å². The van der Waals surface area contributed by atoms with Crippen molar-refractivity contribution in [1.82, 2.24) is 9.38 Å². The normalized spacial score (nSPS) is 12.1. The lowest BCUT2D eigenvalue weighted by Gasteiger charge is -1.99.